The zero-order valence-electron chi connectivity index (χ0n) is 11.4. The smallest absolute Gasteiger partial charge is 0.138 e. The minimum absolute atomic E-state index is 0.333. The van der Waals surface area contributed by atoms with Gasteiger partial charge in [0.15, 0.2) is 0 Å². The van der Waals surface area contributed by atoms with Gasteiger partial charge in [0.25, 0.3) is 0 Å². The second kappa shape index (κ2) is 6.33. The van der Waals surface area contributed by atoms with Gasteiger partial charge in [-0.2, -0.15) is 5.10 Å². The van der Waals surface area contributed by atoms with Gasteiger partial charge < -0.3 is 10.5 Å². The number of rotatable bonds is 6. The Balaban J connectivity index is 2.09. The van der Waals surface area contributed by atoms with Crippen LogP contribution in [-0.4, -0.2) is 28.4 Å². The van der Waals surface area contributed by atoms with Crippen molar-refractivity contribution in [3.63, 3.8) is 0 Å². The van der Waals surface area contributed by atoms with Crippen LogP contribution < -0.4 is 10.5 Å². The standard InChI is InChI=1S/C14H20N4O/c1-18-14(16-10-17-18)8-11(9-15)7-12-5-3-4-6-13(12)19-2/h3-6,10-11H,7-9,15H2,1-2H3. The van der Waals surface area contributed by atoms with Gasteiger partial charge in [0.05, 0.1) is 7.11 Å². The van der Waals surface area contributed by atoms with Gasteiger partial charge in [-0.3, -0.25) is 4.68 Å². The normalized spacial score (nSPS) is 12.4. The summed E-state index contributed by atoms with van der Waals surface area (Å²) < 4.78 is 7.17. The van der Waals surface area contributed by atoms with Crippen LogP contribution in [0.5, 0.6) is 5.75 Å². The second-order valence-corrected chi connectivity index (χ2v) is 4.62. The SMILES string of the molecule is COc1ccccc1CC(CN)Cc1ncnn1C. The van der Waals surface area contributed by atoms with E-state index in [1.54, 1.807) is 18.1 Å². The van der Waals surface area contributed by atoms with Crippen molar-refractivity contribution in [3.05, 3.63) is 42.0 Å². The first-order chi connectivity index (χ1) is 9.24. The Morgan fingerprint density at radius 3 is 2.74 bits per heavy atom. The predicted molar refractivity (Wildman–Crippen MR) is 73.9 cm³/mol. The Hall–Kier alpha value is -1.88. The Bertz CT molecular complexity index is 524. The fourth-order valence-electron chi connectivity index (χ4n) is 2.18. The average Bonchev–Trinajstić information content (AvgIpc) is 2.84. The lowest BCUT2D eigenvalue weighted by Crippen LogP contribution is -2.21. The maximum absolute atomic E-state index is 5.88. The van der Waals surface area contributed by atoms with Gasteiger partial charge in [-0.05, 0) is 30.5 Å². The summed E-state index contributed by atoms with van der Waals surface area (Å²) in [6, 6.07) is 8.06. The number of para-hydroxylation sites is 1. The van der Waals surface area contributed by atoms with Crippen molar-refractivity contribution in [3.8, 4) is 5.75 Å². The van der Waals surface area contributed by atoms with Crippen LogP contribution in [0.15, 0.2) is 30.6 Å². The van der Waals surface area contributed by atoms with E-state index in [1.165, 1.54) is 5.56 Å². The molecule has 0 aliphatic carbocycles. The number of hydrogen-bond acceptors (Lipinski definition) is 4. The molecule has 0 amide bonds. The highest BCUT2D eigenvalue weighted by Crippen LogP contribution is 2.21. The Labute approximate surface area is 113 Å². The van der Waals surface area contributed by atoms with E-state index in [4.69, 9.17) is 10.5 Å². The van der Waals surface area contributed by atoms with Crippen LogP contribution in [-0.2, 0) is 19.9 Å². The molecule has 0 spiro atoms. The summed E-state index contributed by atoms with van der Waals surface area (Å²) in [5.74, 6) is 2.21. The van der Waals surface area contributed by atoms with E-state index in [1.807, 2.05) is 25.2 Å². The summed E-state index contributed by atoms with van der Waals surface area (Å²) >= 11 is 0. The molecule has 102 valence electrons. The van der Waals surface area contributed by atoms with E-state index < -0.39 is 0 Å². The van der Waals surface area contributed by atoms with Crippen molar-refractivity contribution in [2.45, 2.75) is 12.8 Å². The second-order valence-electron chi connectivity index (χ2n) is 4.62. The van der Waals surface area contributed by atoms with Crippen molar-refractivity contribution in [2.24, 2.45) is 18.7 Å². The van der Waals surface area contributed by atoms with Gasteiger partial charge in [-0.25, -0.2) is 4.98 Å². The molecule has 1 atom stereocenters. The molecule has 1 aromatic carbocycles. The van der Waals surface area contributed by atoms with Gasteiger partial charge >= 0.3 is 0 Å². The molecule has 1 unspecified atom stereocenters. The van der Waals surface area contributed by atoms with Crippen molar-refractivity contribution in [1.82, 2.24) is 14.8 Å². The molecular weight excluding hydrogens is 240 g/mol. The topological polar surface area (TPSA) is 66.0 Å². The third-order valence-corrected chi connectivity index (χ3v) is 3.31. The number of methoxy groups -OCH3 is 1. The van der Waals surface area contributed by atoms with E-state index in [0.29, 0.717) is 12.5 Å². The molecule has 0 bridgehead atoms. The molecule has 1 aromatic heterocycles. The highest BCUT2D eigenvalue weighted by molar-refractivity contribution is 5.33. The van der Waals surface area contributed by atoms with Crippen molar-refractivity contribution >= 4 is 0 Å². The lowest BCUT2D eigenvalue weighted by molar-refractivity contribution is 0.403. The van der Waals surface area contributed by atoms with Crippen molar-refractivity contribution in [1.29, 1.82) is 0 Å². The first-order valence-electron chi connectivity index (χ1n) is 6.39. The van der Waals surface area contributed by atoms with Crippen LogP contribution in [0, 0.1) is 5.92 Å². The number of nitrogens with zero attached hydrogens (tertiary/aromatic N) is 3. The highest BCUT2D eigenvalue weighted by atomic mass is 16.5. The molecule has 0 aliphatic heterocycles. The number of nitrogens with two attached hydrogens (primary N) is 1. The van der Waals surface area contributed by atoms with Crippen LogP contribution >= 0.6 is 0 Å². The maximum Gasteiger partial charge on any atom is 0.138 e. The molecule has 2 aromatic rings. The maximum atomic E-state index is 5.88. The minimum atomic E-state index is 0.333. The van der Waals surface area contributed by atoms with E-state index in [9.17, 15) is 0 Å². The lowest BCUT2D eigenvalue weighted by atomic mass is 9.95. The summed E-state index contributed by atoms with van der Waals surface area (Å²) in [5, 5.41) is 4.08. The first kappa shape index (κ1) is 13.5. The van der Waals surface area contributed by atoms with Crippen LogP contribution in [0.3, 0.4) is 0 Å². The first-order valence-corrected chi connectivity index (χ1v) is 6.39. The number of aryl methyl sites for hydroxylation is 1. The molecule has 1 heterocycles. The van der Waals surface area contributed by atoms with E-state index in [-0.39, 0.29) is 0 Å². The van der Waals surface area contributed by atoms with Gasteiger partial charge in [0.2, 0.25) is 0 Å². The summed E-state index contributed by atoms with van der Waals surface area (Å²) in [6.45, 7) is 0.616. The van der Waals surface area contributed by atoms with Gasteiger partial charge in [-0.15, -0.1) is 0 Å². The third-order valence-electron chi connectivity index (χ3n) is 3.31. The van der Waals surface area contributed by atoms with Crippen LogP contribution in [0.4, 0.5) is 0 Å². The summed E-state index contributed by atoms with van der Waals surface area (Å²) in [7, 11) is 3.60. The highest BCUT2D eigenvalue weighted by Gasteiger charge is 2.14. The quantitative estimate of drug-likeness (QED) is 0.847. The molecule has 0 aliphatic rings. The minimum Gasteiger partial charge on any atom is -0.496 e. The predicted octanol–water partition coefficient (Wildman–Crippen LogP) is 1.18. The fourth-order valence-corrected chi connectivity index (χ4v) is 2.18. The third kappa shape index (κ3) is 3.32. The monoisotopic (exact) mass is 260 g/mol. The molecule has 2 rings (SSSR count). The van der Waals surface area contributed by atoms with Crippen molar-refractivity contribution < 1.29 is 4.74 Å². The molecule has 0 saturated carbocycles. The molecule has 5 heteroatoms. The Kier molecular flexibility index (Phi) is 4.52. The van der Waals surface area contributed by atoms with E-state index >= 15 is 0 Å². The summed E-state index contributed by atoms with van der Waals surface area (Å²) in [5.41, 5.74) is 7.06. The largest absolute Gasteiger partial charge is 0.496 e. The molecular formula is C14H20N4O. The van der Waals surface area contributed by atoms with E-state index in [2.05, 4.69) is 16.1 Å². The number of aromatic nitrogens is 3. The van der Waals surface area contributed by atoms with Gasteiger partial charge in [0.1, 0.15) is 17.9 Å². The fraction of sp³-hybridized carbons (Fsp3) is 0.429. The summed E-state index contributed by atoms with van der Waals surface area (Å²) in [6.07, 6.45) is 3.28. The van der Waals surface area contributed by atoms with Gasteiger partial charge in [-0.1, -0.05) is 18.2 Å². The molecule has 0 saturated heterocycles. The summed E-state index contributed by atoms with van der Waals surface area (Å²) in [4.78, 5) is 4.25. The van der Waals surface area contributed by atoms with Crippen LogP contribution in [0.25, 0.3) is 0 Å². The lowest BCUT2D eigenvalue weighted by Gasteiger charge is -2.16. The number of hydrogen-bond donors (Lipinski definition) is 1. The molecule has 19 heavy (non-hydrogen) atoms. The van der Waals surface area contributed by atoms with Crippen LogP contribution in [0.1, 0.15) is 11.4 Å². The molecule has 0 radical (unpaired) electrons. The average molecular weight is 260 g/mol. The number of benzene rings is 1. The van der Waals surface area contributed by atoms with Crippen molar-refractivity contribution in [2.75, 3.05) is 13.7 Å². The zero-order chi connectivity index (χ0) is 13.7. The molecule has 0 fully saturated rings. The zero-order valence-corrected chi connectivity index (χ0v) is 11.4. The Morgan fingerprint density at radius 1 is 1.32 bits per heavy atom. The Morgan fingerprint density at radius 2 is 2.11 bits per heavy atom. The molecule has 5 nitrogen and oxygen atoms in total. The van der Waals surface area contributed by atoms with E-state index in [0.717, 1.165) is 24.4 Å². The molecule has 2 N–H and O–H groups in total. The number of ether oxygens (including phenoxy) is 1. The van der Waals surface area contributed by atoms with Crippen LogP contribution in [0.2, 0.25) is 0 Å². The van der Waals surface area contributed by atoms with Gasteiger partial charge in [0, 0.05) is 13.5 Å².